The highest BCUT2D eigenvalue weighted by Gasteiger charge is 2.16. The quantitative estimate of drug-likeness (QED) is 0.379. The van der Waals surface area contributed by atoms with Crippen molar-refractivity contribution < 1.29 is 14.3 Å². The maximum absolute atomic E-state index is 11.1. The van der Waals surface area contributed by atoms with E-state index in [1.54, 1.807) is 0 Å². The normalized spacial score (nSPS) is 10.7. The van der Waals surface area contributed by atoms with Crippen LogP contribution in [0.5, 0.6) is 0 Å². The molecule has 95 valence electrons. The molecule has 0 saturated carbocycles. The van der Waals surface area contributed by atoms with Crippen LogP contribution in [0.15, 0.2) is 0 Å². The minimum absolute atomic E-state index is 0.531. The molecule has 1 radical (unpaired) electrons. The number of rotatable bonds is 12. The van der Waals surface area contributed by atoms with Crippen molar-refractivity contribution in [3.05, 3.63) is 0 Å². The molecule has 0 bridgehead atoms. The molecule has 0 aliphatic carbocycles. The maximum Gasteiger partial charge on any atom is 0.666 e. The topological polar surface area (TPSA) is 38.4 Å². The molecule has 0 rings (SSSR count). The molecule has 0 aromatic rings. The van der Waals surface area contributed by atoms with Gasteiger partial charge in [-0.05, 0) is 12.8 Å². The summed E-state index contributed by atoms with van der Waals surface area (Å²) in [6.07, 6.45) is 9.04. The average Bonchev–Trinajstić information content (AvgIpc) is 2.28. The lowest BCUT2D eigenvalue weighted by Gasteiger charge is -2.07. The first kappa shape index (κ1) is 15.9. The number of hydrogen-bond donors (Lipinski definition) is 0. The van der Waals surface area contributed by atoms with E-state index in [0.29, 0.717) is 13.2 Å². The van der Waals surface area contributed by atoms with Crippen molar-refractivity contribution in [1.82, 2.24) is 0 Å². The fraction of sp³-hybridized carbons (Fsp3) is 1.00. The van der Waals surface area contributed by atoms with E-state index in [2.05, 4.69) is 13.8 Å². The monoisotopic (exact) mass is 229 g/mol. The van der Waals surface area contributed by atoms with E-state index in [1.807, 2.05) is 0 Å². The van der Waals surface area contributed by atoms with Crippen LogP contribution in [0.4, 0.5) is 0 Å². The molecule has 0 aromatic carbocycles. The molecule has 0 heterocycles. The van der Waals surface area contributed by atoms with E-state index in [0.717, 1.165) is 25.7 Å². The van der Waals surface area contributed by atoms with Crippen LogP contribution in [0.3, 0.4) is 0 Å². The predicted octanol–water partition coefficient (Wildman–Crippen LogP) is 3.60. The van der Waals surface area contributed by atoms with Gasteiger partial charge >= 0.3 is 7.32 Å². The van der Waals surface area contributed by atoms with Crippen LogP contribution >= 0.6 is 0 Å². The van der Waals surface area contributed by atoms with Crippen LogP contribution in [0.25, 0.3) is 0 Å². The zero-order valence-corrected chi connectivity index (χ0v) is 10.9. The maximum atomic E-state index is 11.1. The Labute approximate surface area is 101 Å². The van der Waals surface area contributed by atoms with Gasteiger partial charge in [0, 0.05) is 13.2 Å². The molecule has 0 aromatic heterocycles. The van der Waals surface area contributed by atoms with Crippen molar-refractivity contribution in [3.63, 3.8) is 0 Å². The van der Waals surface area contributed by atoms with Gasteiger partial charge in [-0.3, -0.25) is 0 Å². The summed E-state index contributed by atoms with van der Waals surface area (Å²) >= 11 is 0. The minimum atomic E-state index is -1.27. The summed E-state index contributed by atoms with van der Waals surface area (Å²) in [7, 11) is -1.27. The Balaban J connectivity index is 3.09. The van der Waals surface area contributed by atoms with Crippen LogP contribution in [0.1, 0.15) is 65.2 Å². The van der Waals surface area contributed by atoms with Crippen molar-refractivity contribution in [3.8, 4) is 0 Å². The largest absolute Gasteiger partial charge is 0.666 e. The van der Waals surface area contributed by atoms with Crippen molar-refractivity contribution in [2.75, 3.05) is 13.2 Å². The second-order valence-electron chi connectivity index (χ2n) is 4.15. The van der Waals surface area contributed by atoms with Gasteiger partial charge < -0.3 is 9.31 Å². The summed E-state index contributed by atoms with van der Waals surface area (Å²) < 4.78 is 10.0. The van der Waals surface area contributed by atoms with Crippen molar-refractivity contribution in [1.29, 1.82) is 0 Å². The molecule has 0 atom stereocenters. The van der Waals surface area contributed by atoms with Gasteiger partial charge in [0.2, 0.25) is 0 Å². The summed E-state index contributed by atoms with van der Waals surface area (Å²) in [5.74, 6) is 0. The van der Waals surface area contributed by atoms with Gasteiger partial charge in [0.25, 0.3) is 0 Å². The Kier molecular flexibility index (Phi) is 13.0. The molecule has 3 nitrogen and oxygen atoms in total. The second kappa shape index (κ2) is 13.0. The first-order valence-corrected chi connectivity index (χ1v) is 6.70. The van der Waals surface area contributed by atoms with Crippen molar-refractivity contribution in [2.45, 2.75) is 65.2 Å². The van der Waals surface area contributed by atoms with Crippen LogP contribution in [-0.2, 0) is 14.3 Å². The fourth-order valence-electron chi connectivity index (χ4n) is 1.46. The highest BCUT2D eigenvalue weighted by Crippen LogP contribution is 2.02. The van der Waals surface area contributed by atoms with E-state index >= 15 is 0 Å². The average molecular weight is 229 g/mol. The van der Waals surface area contributed by atoms with E-state index in [1.165, 1.54) is 25.7 Å². The lowest BCUT2D eigenvalue weighted by molar-refractivity contribution is 0.105. The smallest absolute Gasteiger partial charge is 0.384 e. The fourth-order valence-corrected chi connectivity index (χ4v) is 1.46. The van der Waals surface area contributed by atoms with Gasteiger partial charge in [0.1, 0.15) is 0 Å². The summed E-state index contributed by atoms with van der Waals surface area (Å²) in [5, 5.41) is 11.1. The number of unbranched alkanes of at least 4 members (excludes halogenated alkanes) is 6. The third-order valence-electron chi connectivity index (χ3n) is 2.50. The van der Waals surface area contributed by atoms with Gasteiger partial charge in [0.05, 0.1) is 0 Å². The van der Waals surface area contributed by atoms with Gasteiger partial charge in [0.15, 0.2) is 0 Å². The molecular weight excluding hydrogens is 203 g/mol. The van der Waals surface area contributed by atoms with Crippen LogP contribution in [0, 0.1) is 0 Å². The highest BCUT2D eigenvalue weighted by atomic mass is 16.7. The van der Waals surface area contributed by atoms with Crippen LogP contribution < -0.4 is 0 Å². The van der Waals surface area contributed by atoms with Gasteiger partial charge in [-0.25, -0.2) is 5.02 Å². The Hall–Kier alpha value is -0.0551. The first-order valence-electron chi connectivity index (χ1n) is 6.70. The molecule has 0 amide bonds. The lowest BCUT2D eigenvalue weighted by atomic mass is 10.2. The molecule has 0 aliphatic heterocycles. The second-order valence-corrected chi connectivity index (χ2v) is 4.15. The van der Waals surface area contributed by atoms with Gasteiger partial charge in [-0.15, -0.1) is 0 Å². The zero-order chi connectivity index (χ0) is 12.1. The molecule has 16 heavy (non-hydrogen) atoms. The van der Waals surface area contributed by atoms with E-state index in [9.17, 15) is 5.02 Å². The lowest BCUT2D eigenvalue weighted by Crippen LogP contribution is -2.22. The Morgan fingerprint density at radius 3 is 1.56 bits per heavy atom. The van der Waals surface area contributed by atoms with Crippen molar-refractivity contribution in [2.24, 2.45) is 0 Å². The Morgan fingerprint density at radius 1 is 0.750 bits per heavy atom. The third-order valence-corrected chi connectivity index (χ3v) is 2.50. The summed E-state index contributed by atoms with van der Waals surface area (Å²) in [6, 6.07) is 0. The molecule has 0 fully saturated rings. The zero-order valence-electron chi connectivity index (χ0n) is 10.9. The van der Waals surface area contributed by atoms with E-state index in [4.69, 9.17) is 9.31 Å². The SMILES string of the molecule is CCCCCCOB([O])OCCCCCC. The van der Waals surface area contributed by atoms with E-state index in [-0.39, 0.29) is 0 Å². The predicted molar refractivity (Wildman–Crippen MR) is 66.6 cm³/mol. The molecule has 0 aliphatic rings. The van der Waals surface area contributed by atoms with E-state index < -0.39 is 7.32 Å². The molecule has 0 unspecified atom stereocenters. The third kappa shape index (κ3) is 12.0. The molecule has 0 saturated heterocycles. The van der Waals surface area contributed by atoms with Crippen molar-refractivity contribution >= 4 is 7.32 Å². The molecule has 0 spiro atoms. The minimum Gasteiger partial charge on any atom is -0.384 e. The highest BCUT2D eigenvalue weighted by molar-refractivity contribution is 6.34. The summed E-state index contributed by atoms with van der Waals surface area (Å²) in [6.45, 7) is 5.39. The van der Waals surface area contributed by atoms with Crippen LogP contribution in [0.2, 0.25) is 0 Å². The summed E-state index contributed by atoms with van der Waals surface area (Å²) in [5.41, 5.74) is 0. The van der Waals surface area contributed by atoms with Gasteiger partial charge in [-0.1, -0.05) is 52.4 Å². The Morgan fingerprint density at radius 2 is 1.19 bits per heavy atom. The molecule has 0 N–H and O–H groups in total. The summed E-state index contributed by atoms with van der Waals surface area (Å²) in [4.78, 5) is 0. The Bertz CT molecular complexity index is 119. The first-order chi connectivity index (χ1) is 7.81. The molecule has 4 heteroatoms. The standard InChI is InChI=1S/C12H26BO3/c1-3-5-7-9-11-15-13(14)16-12-10-8-6-4-2/h3-12H2,1-2H3. The molecular formula is C12H26BO3. The van der Waals surface area contributed by atoms with Crippen LogP contribution in [-0.4, -0.2) is 20.5 Å². The van der Waals surface area contributed by atoms with Gasteiger partial charge in [-0.2, -0.15) is 0 Å². The number of hydrogen-bond acceptors (Lipinski definition) is 2.